The Morgan fingerprint density at radius 1 is 1.38 bits per heavy atom. The van der Waals surface area contributed by atoms with Gasteiger partial charge in [-0.15, -0.1) is 0 Å². The van der Waals surface area contributed by atoms with Crippen LogP contribution in [0.15, 0.2) is 24.4 Å². The molecule has 0 aliphatic carbocycles. The number of nitrogens with zero attached hydrogens (tertiary/aromatic N) is 2. The summed E-state index contributed by atoms with van der Waals surface area (Å²) in [5, 5.41) is 23.1. The van der Waals surface area contributed by atoms with Gasteiger partial charge >= 0.3 is 7.12 Å². The number of aryl methyl sites for hydroxylation is 1. The second-order valence-electron chi connectivity index (χ2n) is 2.93. The van der Waals surface area contributed by atoms with Gasteiger partial charge in [0.1, 0.15) is 0 Å². The first-order valence-corrected chi connectivity index (χ1v) is 3.97. The molecule has 0 spiro atoms. The lowest BCUT2D eigenvalue weighted by Crippen LogP contribution is -2.31. The zero-order valence-electron chi connectivity index (χ0n) is 7.18. The Bertz CT molecular complexity index is 439. The van der Waals surface area contributed by atoms with E-state index in [-0.39, 0.29) is 0 Å². The standard InChI is InChI=1S/C8H9BN2O2/c1-11-8-6(5-10-11)3-2-4-7(8)9(12)13/h2-5,12-13H,1H3. The van der Waals surface area contributed by atoms with Gasteiger partial charge in [-0.25, -0.2) is 0 Å². The van der Waals surface area contributed by atoms with Crippen LogP contribution in [0.3, 0.4) is 0 Å². The van der Waals surface area contributed by atoms with Crippen molar-refractivity contribution in [3.63, 3.8) is 0 Å². The third-order valence-electron chi connectivity index (χ3n) is 2.07. The minimum Gasteiger partial charge on any atom is -0.423 e. The molecule has 2 aromatic rings. The van der Waals surface area contributed by atoms with Crippen LogP contribution in [0, 0.1) is 0 Å². The lowest BCUT2D eigenvalue weighted by molar-refractivity contribution is 0.426. The van der Waals surface area contributed by atoms with Crippen LogP contribution in [-0.2, 0) is 7.05 Å². The van der Waals surface area contributed by atoms with Crippen molar-refractivity contribution in [2.24, 2.45) is 7.05 Å². The number of aromatic nitrogens is 2. The molecular weight excluding hydrogens is 167 g/mol. The van der Waals surface area contributed by atoms with Gasteiger partial charge in [-0.2, -0.15) is 5.10 Å². The summed E-state index contributed by atoms with van der Waals surface area (Å²) >= 11 is 0. The highest BCUT2D eigenvalue weighted by Gasteiger charge is 2.16. The lowest BCUT2D eigenvalue weighted by Gasteiger charge is -2.02. The molecule has 0 bridgehead atoms. The highest BCUT2D eigenvalue weighted by Crippen LogP contribution is 2.09. The molecule has 1 aromatic carbocycles. The smallest absolute Gasteiger partial charge is 0.423 e. The molecule has 0 unspecified atom stereocenters. The van der Waals surface area contributed by atoms with Gasteiger partial charge in [0.15, 0.2) is 0 Å². The maximum Gasteiger partial charge on any atom is 0.490 e. The van der Waals surface area contributed by atoms with Crippen molar-refractivity contribution in [3.05, 3.63) is 24.4 Å². The highest BCUT2D eigenvalue weighted by molar-refractivity contribution is 6.61. The summed E-state index contributed by atoms with van der Waals surface area (Å²) in [7, 11) is 0.327. The Kier molecular flexibility index (Phi) is 1.83. The number of rotatable bonds is 1. The summed E-state index contributed by atoms with van der Waals surface area (Å²) < 4.78 is 1.63. The SMILES string of the molecule is Cn1ncc2cccc(B(O)O)c21. The second-order valence-corrected chi connectivity index (χ2v) is 2.93. The zero-order chi connectivity index (χ0) is 9.42. The Balaban J connectivity index is 2.80. The van der Waals surface area contributed by atoms with Gasteiger partial charge in [0, 0.05) is 17.9 Å². The minimum absolute atomic E-state index is 0.484. The van der Waals surface area contributed by atoms with Gasteiger partial charge in [-0.3, -0.25) is 4.68 Å². The molecule has 1 aromatic heterocycles. The van der Waals surface area contributed by atoms with Gasteiger partial charge in [-0.05, 0) is 0 Å². The molecule has 0 saturated heterocycles. The number of fused-ring (bicyclic) bond motifs is 1. The first-order valence-electron chi connectivity index (χ1n) is 3.97. The van der Waals surface area contributed by atoms with Crippen molar-refractivity contribution >= 4 is 23.5 Å². The minimum atomic E-state index is -1.45. The van der Waals surface area contributed by atoms with Crippen LogP contribution >= 0.6 is 0 Å². The number of benzene rings is 1. The van der Waals surface area contributed by atoms with Gasteiger partial charge < -0.3 is 10.0 Å². The average molecular weight is 176 g/mol. The van der Waals surface area contributed by atoms with Crippen molar-refractivity contribution in [2.45, 2.75) is 0 Å². The summed E-state index contributed by atoms with van der Waals surface area (Å²) in [4.78, 5) is 0. The van der Waals surface area contributed by atoms with E-state index in [0.29, 0.717) is 5.46 Å². The summed E-state index contributed by atoms with van der Waals surface area (Å²) in [6, 6.07) is 5.34. The van der Waals surface area contributed by atoms with Crippen LogP contribution in [0.2, 0.25) is 0 Å². The van der Waals surface area contributed by atoms with E-state index in [4.69, 9.17) is 10.0 Å². The molecule has 4 nitrogen and oxygen atoms in total. The fourth-order valence-electron chi connectivity index (χ4n) is 1.47. The second kappa shape index (κ2) is 2.87. The summed E-state index contributed by atoms with van der Waals surface area (Å²) in [5.74, 6) is 0. The molecule has 2 N–H and O–H groups in total. The Morgan fingerprint density at radius 2 is 2.15 bits per heavy atom. The molecule has 0 fully saturated rings. The van der Waals surface area contributed by atoms with E-state index < -0.39 is 7.12 Å². The van der Waals surface area contributed by atoms with E-state index in [1.165, 1.54) is 0 Å². The third kappa shape index (κ3) is 1.22. The summed E-state index contributed by atoms with van der Waals surface area (Å²) in [5.41, 5.74) is 1.25. The van der Waals surface area contributed by atoms with E-state index >= 15 is 0 Å². The van der Waals surface area contributed by atoms with Crippen LogP contribution in [0.4, 0.5) is 0 Å². The van der Waals surface area contributed by atoms with Crippen LogP contribution in [0.5, 0.6) is 0 Å². The van der Waals surface area contributed by atoms with Gasteiger partial charge in [0.25, 0.3) is 0 Å². The van der Waals surface area contributed by atoms with Crippen molar-refractivity contribution < 1.29 is 10.0 Å². The fraction of sp³-hybridized carbons (Fsp3) is 0.125. The Morgan fingerprint density at radius 3 is 2.85 bits per heavy atom. The van der Waals surface area contributed by atoms with Crippen LogP contribution in [0.1, 0.15) is 0 Å². The maximum absolute atomic E-state index is 9.08. The predicted molar refractivity (Wildman–Crippen MR) is 50.5 cm³/mol. The molecule has 0 amide bonds. The summed E-state index contributed by atoms with van der Waals surface area (Å²) in [6.45, 7) is 0. The van der Waals surface area contributed by atoms with Gasteiger partial charge in [0.05, 0.1) is 11.7 Å². The van der Waals surface area contributed by atoms with E-state index in [1.54, 1.807) is 30.1 Å². The molecule has 0 aliphatic heterocycles. The highest BCUT2D eigenvalue weighted by atomic mass is 16.4. The monoisotopic (exact) mass is 176 g/mol. The predicted octanol–water partition coefficient (Wildman–Crippen LogP) is -0.747. The molecule has 1 heterocycles. The van der Waals surface area contributed by atoms with Crippen LogP contribution in [0.25, 0.3) is 10.9 Å². The van der Waals surface area contributed by atoms with E-state index in [2.05, 4.69) is 5.10 Å². The molecule has 0 saturated carbocycles. The first kappa shape index (κ1) is 8.28. The van der Waals surface area contributed by atoms with Crippen molar-refractivity contribution in [1.82, 2.24) is 9.78 Å². The average Bonchev–Trinajstić information content (AvgIpc) is 2.48. The zero-order valence-corrected chi connectivity index (χ0v) is 7.18. The van der Waals surface area contributed by atoms with Gasteiger partial charge in [-0.1, -0.05) is 18.2 Å². The number of para-hydroxylation sites is 1. The Hall–Kier alpha value is -1.33. The van der Waals surface area contributed by atoms with Crippen molar-refractivity contribution in [1.29, 1.82) is 0 Å². The molecule has 66 valence electrons. The maximum atomic E-state index is 9.08. The van der Waals surface area contributed by atoms with E-state index in [1.807, 2.05) is 6.07 Å². The fourth-order valence-corrected chi connectivity index (χ4v) is 1.47. The first-order chi connectivity index (χ1) is 6.20. The third-order valence-corrected chi connectivity index (χ3v) is 2.07. The molecule has 0 aliphatic rings. The van der Waals surface area contributed by atoms with Crippen molar-refractivity contribution in [3.8, 4) is 0 Å². The molecule has 13 heavy (non-hydrogen) atoms. The Labute approximate surface area is 75.6 Å². The number of hydrogen-bond acceptors (Lipinski definition) is 3. The quantitative estimate of drug-likeness (QED) is 0.562. The number of hydrogen-bond donors (Lipinski definition) is 2. The molecule has 0 atom stereocenters. The van der Waals surface area contributed by atoms with E-state index in [9.17, 15) is 0 Å². The lowest BCUT2D eigenvalue weighted by atomic mass is 9.79. The van der Waals surface area contributed by atoms with E-state index in [0.717, 1.165) is 10.9 Å². The normalized spacial score (nSPS) is 10.7. The molecule has 5 heteroatoms. The largest absolute Gasteiger partial charge is 0.490 e. The summed E-state index contributed by atoms with van der Waals surface area (Å²) in [6.07, 6.45) is 1.70. The van der Waals surface area contributed by atoms with Crippen LogP contribution in [-0.4, -0.2) is 26.9 Å². The molecular formula is C8H9BN2O2. The molecule has 0 radical (unpaired) electrons. The van der Waals surface area contributed by atoms with Gasteiger partial charge in [0.2, 0.25) is 0 Å². The van der Waals surface area contributed by atoms with Crippen molar-refractivity contribution in [2.75, 3.05) is 0 Å². The van der Waals surface area contributed by atoms with Crippen LogP contribution < -0.4 is 5.46 Å². The topological polar surface area (TPSA) is 58.3 Å². The molecule has 2 rings (SSSR count).